The van der Waals surface area contributed by atoms with Crippen molar-refractivity contribution in [3.05, 3.63) is 0 Å². The fourth-order valence-corrected chi connectivity index (χ4v) is 8.19. The van der Waals surface area contributed by atoms with Crippen LogP contribution in [0.5, 0.6) is 0 Å². The molecule has 0 aromatic rings. The van der Waals surface area contributed by atoms with Crippen LogP contribution in [0.25, 0.3) is 0 Å². The van der Waals surface area contributed by atoms with Crippen LogP contribution >= 0.6 is 0 Å². The molecule has 0 fully saturated rings. The van der Waals surface area contributed by atoms with E-state index in [1.807, 2.05) is 0 Å². The van der Waals surface area contributed by atoms with Crippen molar-refractivity contribution in [3.63, 3.8) is 0 Å². The molecule has 0 aliphatic carbocycles. The Balaban J connectivity index is 4.22. The van der Waals surface area contributed by atoms with E-state index in [4.69, 9.17) is 14.2 Å². The predicted molar refractivity (Wildman–Crippen MR) is 257 cm³/mol. The molecule has 60 heavy (non-hydrogen) atoms. The molecule has 0 N–H and O–H groups in total. The Morgan fingerprint density at radius 1 is 0.333 bits per heavy atom. The topological polar surface area (TPSA) is 78.9 Å². The van der Waals surface area contributed by atoms with Gasteiger partial charge in [-0.3, -0.25) is 14.4 Å². The zero-order chi connectivity index (χ0) is 43.8. The van der Waals surface area contributed by atoms with Gasteiger partial charge in [-0.25, -0.2) is 0 Å². The normalized spacial score (nSPS) is 12.4. The third-order valence-corrected chi connectivity index (χ3v) is 12.7. The van der Waals surface area contributed by atoms with Gasteiger partial charge in [0.05, 0.1) is 0 Å². The predicted octanol–water partition coefficient (Wildman–Crippen LogP) is 17.5. The van der Waals surface area contributed by atoms with Gasteiger partial charge in [0.15, 0.2) is 6.10 Å². The second kappa shape index (κ2) is 48.4. The number of unbranched alkanes of at least 4 members (excludes halogenated alkanes) is 35. The first-order valence-electron chi connectivity index (χ1n) is 26.9. The number of ether oxygens (including phenoxy) is 3. The fraction of sp³-hybridized carbons (Fsp3) is 0.944. The summed E-state index contributed by atoms with van der Waals surface area (Å²) in [7, 11) is 0. The van der Waals surface area contributed by atoms with Gasteiger partial charge >= 0.3 is 17.9 Å². The van der Waals surface area contributed by atoms with E-state index in [-0.39, 0.29) is 31.1 Å². The smallest absolute Gasteiger partial charge is 0.306 e. The summed E-state index contributed by atoms with van der Waals surface area (Å²) in [6.07, 6.45) is 51.0. The molecule has 0 rings (SSSR count). The minimum Gasteiger partial charge on any atom is -0.462 e. The number of hydrogen-bond donors (Lipinski definition) is 0. The highest BCUT2D eigenvalue weighted by Gasteiger charge is 2.19. The van der Waals surface area contributed by atoms with Crippen molar-refractivity contribution >= 4 is 17.9 Å². The molecule has 1 unspecified atom stereocenters. The van der Waals surface area contributed by atoms with Crippen LogP contribution in [0.15, 0.2) is 0 Å². The number of hydrogen-bond acceptors (Lipinski definition) is 6. The maximum Gasteiger partial charge on any atom is 0.306 e. The molecule has 356 valence electrons. The lowest BCUT2D eigenvalue weighted by molar-refractivity contribution is -0.167. The average molecular weight is 849 g/mol. The lowest BCUT2D eigenvalue weighted by Gasteiger charge is -2.18. The molecule has 0 radical (unpaired) electrons. The number of carbonyl (C=O) groups excluding carboxylic acids is 3. The molecule has 0 spiro atoms. The molecule has 0 saturated carbocycles. The summed E-state index contributed by atoms with van der Waals surface area (Å²) >= 11 is 0. The highest BCUT2D eigenvalue weighted by Crippen LogP contribution is 2.18. The van der Waals surface area contributed by atoms with E-state index in [9.17, 15) is 14.4 Å². The van der Waals surface area contributed by atoms with Gasteiger partial charge in [0.2, 0.25) is 0 Å². The highest BCUT2D eigenvalue weighted by molar-refractivity contribution is 5.71. The molecule has 0 aliphatic rings. The summed E-state index contributed by atoms with van der Waals surface area (Å²) in [5, 5.41) is 0. The summed E-state index contributed by atoms with van der Waals surface area (Å²) < 4.78 is 16.8. The van der Waals surface area contributed by atoms with Crippen molar-refractivity contribution in [3.8, 4) is 0 Å². The van der Waals surface area contributed by atoms with Crippen LogP contribution in [0.4, 0.5) is 0 Å². The van der Waals surface area contributed by atoms with Crippen LogP contribution in [0.3, 0.4) is 0 Å². The lowest BCUT2D eigenvalue weighted by atomic mass is 10.00. The fourth-order valence-electron chi connectivity index (χ4n) is 8.19. The van der Waals surface area contributed by atoms with Crippen LogP contribution in [-0.4, -0.2) is 37.2 Å². The Hall–Kier alpha value is -1.59. The Kier molecular flexibility index (Phi) is 47.2. The summed E-state index contributed by atoms with van der Waals surface area (Å²) in [5.41, 5.74) is 0. The lowest BCUT2D eigenvalue weighted by Crippen LogP contribution is -2.30. The van der Waals surface area contributed by atoms with Crippen LogP contribution in [0.2, 0.25) is 0 Å². The quantitative estimate of drug-likeness (QED) is 0.0345. The highest BCUT2D eigenvalue weighted by atomic mass is 16.6. The molecular formula is C54H104O6. The van der Waals surface area contributed by atoms with Crippen molar-refractivity contribution in [2.75, 3.05) is 13.2 Å². The van der Waals surface area contributed by atoms with E-state index in [0.29, 0.717) is 19.3 Å². The van der Waals surface area contributed by atoms with Gasteiger partial charge in [0.1, 0.15) is 13.2 Å². The Bertz CT molecular complexity index is 905. The number of rotatable bonds is 49. The van der Waals surface area contributed by atoms with Crippen LogP contribution < -0.4 is 0 Å². The first-order valence-corrected chi connectivity index (χ1v) is 26.9. The molecule has 6 heteroatoms. The molecule has 0 amide bonds. The summed E-state index contributed by atoms with van der Waals surface area (Å²) in [4.78, 5) is 37.9. The van der Waals surface area contributed by atoms with Crippen molar-refractivity contribution in [2.24, 2.45) is 5.92 Å². The first-order chi connectivity index (χ1) is 29.4. The largest absolute Gasteiger partial charge is 0.462 e. The minimum absolute atomic E-state index is 0.0636. The molecule has 0 aromatic heterocycles. The van der Waals surface area contributed by atoms with E-state index < -0.39 is 6.10 Å². The molecular weight excluding hydrogens is 745 g/mol. The molecule has 0 aliphatic heterocycles. The van der Waals surface area contributed by atoms with Gasteiger partial charge in [-0.05, 0) is 25.2 Å². The summed E-state index contributed by atoms with van der Waals surface area (Å²) in [5.74, 6) is -0.0365. The first kappa shape index (κ1) is 58.4. The van der Waals surface area contributed by atoms with E-state index in [2.05, 4.69) is 27.7 Å². The number of carbonyl (C=O) groups is 3. The third kappa shape index (κ3) is 45.9. The molecule has 0 saturated heterocycles. The zero-order valence-corrected chi connectivity index (χ0v) is 40.9. The van der Waals surface area contributed by atoms with Gasteiger partial charge in [0, 0.05) is 19.3 Å². The van der Waals surface area contributed by atoms with E-state index >= 15 is 0 Å². The molecule has 0 heterocycles. The second-order valence-corrected chi connectivity index (χ2v) is 18.8. The molecule has 2 atom stereocenters. The van der Waals surface area contributed by atoms with Crippen molar-refractivity contribution in [1.29, 1.82) is 0 Å². The molecule has 6 nitrogen and oxygen atoms in total. The van der Waals surface area contributed by atoms with Crippen molar-refractivity contribution in [1.82, 2.24) is 0 Å². The Morgan fingerprint density at radius 3 is 0.867 bits per heavy atom. The van der Waals surface area contributed by atoms with E-state index in [1.165, 1.54) is 199 Å². The second-order valence-electron chi connectivity index (χ2n) is 18.8. The van der Waals surface area contributed by atoms with Gasteiger partial charge in [-0.15, -0.1) is 0 Å². The van der Waals surface area contributed by atoms with Gasteiger partial charge in [0.25, 0.3) is 0 Å². The monoisotopic (exact) mass is 849 g/mol. The Morgan fingerprint density at radius 2 is 0.583 bits per heavy atom. The minimum atomic E-state index is -0.761. The molecule has 0 aromatic carbocycles. The van der Waals surface area contributed by atoms with Gasteiger partial charge in [-0.1, -0.05) is 265 Å². The molecule has 0 bridgehead atoms. The number of esters is 3. The van der Waals surface area contributed by atoms with Crippen LogP contribution in [0.1, 0.15) is 304 Å². The Labute approximate surface area is 374 Å². The van der Waals surface area contributed by atoms with E-state index in [1.54, 1.807) is 0 Å². The van der Waals surface area contributed by atoms with Crippen LogP contribution in [0, 0.1) is 5.92 Å². The van der Waals surface area contributed by atoms with Gasteiger partial charge < -0.3 is 14.2 Å². The van der Waals surface area contributed by atoms with E-state index in [0.717, 1.165) is 63.7 Å². The van der Waals surface area contributed by atoms with Crippen molar-refractivity contribution in [2.45, 2.75) is 310 Å². The van der Waals surface area contributed by atoms with Gasteiger partial charge in [-0.2, -0.15) is 0 Å². The standard InChI is InChI=1S/C54H104O6/c1-5-8-10-12-14-16-18-20-21-22-23-24-25-27-29-31-33-38-42-46-53(56)59-49-51(60-54(57)47-43-39-35-34-36-40-44-50(4)7-3)48-58-52(55)45-41-37-32-30-28-26-19-17-15-13-11-9-6-2/h50-51H,5-49H2,1-4H3/t50?,51-/m1/s1. The average Bonchev–Trinajstić information content (AvgIpc) is 3.25. The van der Waals surface area contributed by atoms with Crippen molar-refractivity contribution < 1.29 is 28.6 Å². The summed E-state index contributed by atoms with van der Waals surface area (Å²) in [6, 6.07) is 0. The van der Waals surface area contributed by atoms with Crippen LogP contribution in [-0.2, 0) is 28.6 Å². The SMILES string of the molecule is CCCCCCCCCCCCCCCCCCCCCC(=O)OC[C@@H](COC(=O)CCCCCCCCCCCCCCC)OC(=O)CCCCCCCCC(C)CC. The maximum absolute atomic E-state index is 12.8. The maximum atomic E-state index is 12.8. The third-order valence-electron chi connectivity index (χ3n) is 12.7. The summed E-state index contributed by atoms with van der Waals surface area (Å²) in [6.45, 7) is 9.00. The zero-order valence-electron chi connectivity index (χ0n) is 40.9.